The summed E-state index contributed by atoms with van der Waals surface area (Å²) in [6.45, 7) is 3.74. The summed E-state index contributed by atoms with van der Waals surface area (Å²) in [5.41, 5.74) is 0.482. The number of rotatable bonds is 5. The predicted molar refractivity (Wildman–Crippen MR) is 77.5 cm³/mol. The molecule has 1 saturated heterocycles. The molecule has 0 spiro atoms. The van der Waals surface area contributed by atoms with Gasteiger partial charge in [0.25, 0.3) is 5.91 Å². The second kappa shape index (κ2) is 6.13. The summed E-state index contributed by atoms with van der Waals surface area (Å²) in [5, 5.41) is 6.39. The van der Waals surface area contributed by atoms with Gasteiger partial charge in [-0.3, -0.25) is 4.79 Å². The highest BCUT2D eigenvalue weighted by Crippen LogP contribution is 2.30. The largest absolute Gasteiger partial charge is 0.493 e. The molecule has 1 atom stereocenters. The molecule has 0 radical (unpaired) electrons. The Morgan fingerprint density at radius 1 is 1.40 bits per heavy atom. The van der Waals surface area contributed by atoms with Crippen molar-refractivity contribution < 1.29 is 14.3 Å². The normalized spacial score (nSPS) is 21.6. The first-order chi connectivity index (χ1) is 9.59. The van der Waals surface area contributed by atoms with E-state index in [1.54, 1.807) is 25.3 Å². The van der Waals surface area contributed by atoms with E-state index in [1.807, 2.05) is 0 Å². The number of hydrogen-bond donors (Lipinski definition) is 2. The fourth-order valence-corrected chi connectivity index (χ4v) is 2.54. The minimum Gasteiger partial charge on any atom is -0.493 e. The van der Waals surface area contributed by atoms with Crippen LogP contribution in [0.3, 0.4) is 0 Å². The number of amides is 1. The lowest BCUT2D eigenvalue weighted by Crippen LogP contribution is -2.47. The highest BCUT2D eigenvalue weighted by molar-refractivity contribution is 5.97. The van der Waals surface area contributed by atoms with Crippen LogP contribution in [0.1, 0.15) is 30.1 Å². The molecule has 1 aromatic carbocycles. The Morgan fingerprint density at radius 3 is 2.80 bits per heavy atom. The van der Waals surface area contributed by atoms with Crippen molar-refractivity contribution >= 4 is 5.91 Å². The number of carbonyl (C=O) groups is 1. The van der Waals surface area contributed by atoms with Crippen LogP contribution in [0.15, 0.2) is 18.2 Å². The minimum absolute atomic E-state index is 0.0121. The summed E-state index contributed by atoms with van der Waals surface area (Å²) < 4.78 is 10.5. The van der Waals surface area contributed by atoms with Crippen molar-refractivity contribution in [2.45, 2.75) is 25.3 Å². The molecule has 1 aromatic rings. The molecule has 0 aromatic heterocycles. The average molecular weight is 278 g/mol. The van der Waals surface area contributed by atoms with Crippen LogP contribution < -0.4 is 20.1 Å². The predicted octanol–water partition coefficient (Wildman–Crippen LogP) is 1.58. The van der Waals surface area contributed by atoms with Gasteiger partial charge < -0.3 is 20.1 Å². The molecule has 5 nitrogen and oxygen atoms in total. The second-order valence-corrected chi connectivity index (χ2v) is 5.31. The van der Waals surface area contributed by atoms with Crippen LogP contribution in [0.5, 0.6) is 11.5 Å². The van der Waals surface area contributed by atoms with Crippen molar-refractivity contribution in [1.82, 2.24) is 10.6 Å². The maximum Gasteiger partial charge on any atom is 0.255 e. The van der Waals surface area contributed by atoms with E-state index in [1.165, 1.54) is 7.11 Å². The third kappa shape index (κ3) is 3.04. The number of hydrogen-bond acceptors (Lipinski definition) is 4. The van der Waals surface area contributed by atoms with Crippen molar-refractivity contribution in [2.75, 3.05) is 27.3 Å². The first kappa shape index (κ1) is 14.7. The Hall–Kier alpha value is -1.75. The molecular formula is C15H22N2O3. The summed E-state index contributed by atoms with van der Waals surface area (Å²) in [4.78, 5) is 12.3. The number of ether oxygens (including phenoxy) is 2. The van der Waals surface area contributed by atoms with E-state index in [0.717, 1.165) is 19.4 Å². The van der Waals surface area contributed by atoms with Gasteiger partial charge in [-0.05, 0) is 38.4 Å². The Balaban J connectivity index is 2.09. The van der Waals surface area contributed by atoms with Crippen LogP contribution in [-0.4, -0.2) is 38.8 Å². The topological polar surface area (TPSA) is 59.6 Å². The number of nitrogens with one attached hydrogen (secondary N) is 2. The van der Waals surface area contributed by atoms with E-state index in [9.17, 15) is 4.79 Å². The van der Waals surface area contributed by atoms with Gasteiger partial charge in [-0.15, -0.1) is 0 Å². The van der Waals surface area contributed by atoms with E-state index in [2.05, 4.69) is 17.6 Å². The van der Waals surface area contributed by atoms with Crippen molar-refractivity contribution in [2.24, 2.45) is 0 Å². The Morgan fingerprint density at radius 2 is 2.20 bits per heavy atom. The molecular weight excluding hydrogens is 256 g/mol. The maximum atomic E-state index is 12.3. The Labute approximate surface area is 119 Å². The first-order valence-electron chi connectivity index (χ1n) is 6.84. The molecule has 2 rings (SSSR count). The smallest absolute Gasteiger partial charge is 0.255 e. The summed E-state index contributed by atoms with van der Waals surface area (Å²) in [5.74, 6) is 0.887. The molecule has 0 saturated carbocycles. The summed E-state index contributed by atoms with van der Waals surface area (Å²) in [6.07, 6.45) is 2.22. The van der Waals surface area contributed by atoms with Crippen LogP contribution in [0.2, 0.25) is 0 Å². The highest BCUT2D eigenvalue weighted by Gasteiger charge is 2.28. The lowest BCUT2D eigenvalue weighted by Gasteiger charge is -2.24. The summed E-state index contributed by atoms with van der Waals surface area (Å²) in [7, 11) is 3.09. The van der Waals surface area contributed by atoms with Crippen LogP contribution in [-0.2, 0) is 0 Å². The van der Waals surface area contributed by atoms with E-state index in [0.29, 0.717) is 23.6 Å². The number of carbonyl (C=O) groups excluding carboxylic acids is 1. The Bertz CT molecular complexity index is 482. The fourth-order valence-electron chi connectivity index (χ4n) is 2.54. The quantitative estimate of drug-likeness (QED) is 0.858. The van der Waals surface area contributed by atoms with E-state index in [-0.39, 0.29) is 11.4 Å². The monoisotopic (exact) mass is 278 g/mol. The van der Waals surface area contributed by atoms with Crippen LogP contribution in [0.4, 0.5) is 0 Å². The molecule has 1 fully saturated rings. The van der Waals surface area contributed by atoms with Crippen LogP contribution in [0.25, 0.3) is 0 Å². The lowest BCUT2D eigenvalue weighted by molar-refractivity contribution is 0.0939. The highest BCUT2D eigenvalue weighted by atomic mass is 16.5. The van der Waals surface area contributed by atoms with Crippen LogP contribution in [0, 0.1) is 0 Å². The average Bonchev–Trinajstić information content (AvgIpc) is 2.91. The number of para-hydroxylation sites is 1. The fraction of sp³-hybridized carbons (Fsp3) is 0.533. The Kier molecular flexibility index (Phi) is 4.49. The third-order valence-corrected chi connectivity index (χ3v) is 3.74. The van der Waals surface area contributed by atoms with Gasteiger partial charge >= 0.3 is 0 Å². The molecule has 5 heteroatoms. The zero-order valence-corrected chi connectivity index (χ0v) is 12.3. The third-order valence-electron chi connectivity index (χ3n) is 3.74. The van der Waals surface area contributed by atoms with Gasteiger partial charge in [0.2, 0.25) is 0 Å². The zero-order valence-electron chi connectivity index (χ0n) is 12.3. The molecule has 2 N–H and O–H groups in total. The van der Waals surface area contributed by atoms with Crippen molar-refractivity contribution in [1.29, 1.82) is 0 Å². The van der Waals surface area contributed by atoms with Crippen molar-refractivity contribution in [3.63, 3.8) is 0 Å². The molecule has 1 aliphatic heterocycles. The minimum atomic E-state index is -0.143. The maximum absolute atomic E-state index is 12.3. The van der Waals surface area contributed by atoms with Gasteiger partial charge in [0.15, 0.2) is 11.5 Å². The van der Waals surface area contributed by atoms with E-state index >= 15 is 0 Å². The standard InChI is InChI=1S/C15H22N2O3/c1-15(8-5-9-17-15)10-16-14(18)11-6-4-7-12(19-2)13(11)20-3/h4,6-7,17H,5,8-10H2,1-3H3,(H,16,18). The van der Waals surface area contributed by atoms with Gasteiger partial charge in [-0.2, -0.15) is 0 Å². The molecule has 1 unspecified atom stereocenters. The van der Waals surface area contributed by atoms with Gasteiger partial charge in [0, 0.05) is 12.1 Å². The SMILES string of the molecule is COc1cccc(C(=O)NCC2(C)CCCN2)c1OC. The van der Waals surface area contributed by atoms with Gasteiger partial charge in [0.05, 0.1) is 19.8 Å². The molecule has 0 bridgehead atoms. The van der Waals surface area contributed by atoms with E-state index in [4.69, 9.17) is 9.47 Å². The lowest BCUT2D eigenvalue weighted by atomic mass is 10.0. The van der Waals surface area contributed by atoms with Gasteiger partial charge in [0.1, 0.15) is 0 Å². The van der Waals surface area contributed by atoms with Crippen molar-refractivity contribution in [3.05, 3.63) is 23.8 Å². The second-order valence-electron chi connectivity index (χ2n) is 5.31. The number of benzene rings is 1. The zero-order chi connectivity index (χ0) is 14.6. The van der Waals surface area contributed by atoms with Crippen LogP contribution >= 0.6 is 0 Å². The molecule has 1 heterocycles. The summed E-state index contributed by atoms with van der Waals surface area (Å²) in [6, 6.07) is 5.29. The molecule has 1 aliphatic rings. The number of methoxy groups -OCH3 is 2. The molecule has 0 aliphatic carbocycles. The first-order valence-corrected chi connectivity index (χ1v) is 6.84. The molecule has 1 amide bonds. The molecule has 20 heavy (non-hydrogen) atoms. The molecule has 110 valence electrons. The van der Waals surface area contributed by atoms with E-state index < -0.39 is 0 Å². The van der Waals surface area contributed by atoms with Gasteiger partial charge in [-0.25, -0.2) is 0 Å². The van der Waals surface area contributed by atoms with Gasteiger partial charge in [-0.1, -0.05) is 6.07 Å². The van der Waals surface area contributed by atoms with Crippen molar-refractivity contribution in [3.8, 4) is 11.5 Å². The summed E-state index contributed by atoms with van der Waals surface area (Å²) >= 11 is 0.